The van der Waals surface area contributed by atoms with Gasteiger partial charge in [-0.1, -0.05) is 0 Å². The quantitative estimate of drug-likeness (QED) is 0.846. The molecule has 0 bridgehead atoms. The minimum absolute atomic E-state index is 0.0486. The molecule has 0 aliphatic heterocycles. The first-order chi connectivity index (χ1) is 9.20. The highest BCUT2D eigenvalue weighted by Crippen LogP contribution is 2.16. The number of hydrogen-bond donors (Lipinski definition) is 2. The van der Waals surface area contributed by atoms with Gasteiger partial charge in [0.2, 0.25) is 0 Å². The predicted molar refractivity (Wildman–Crippen MR) is 82.8 cm³/mol. The molecule has 0 radical (unpaired) electrons. The Kier molecular flexibility index (Phi) is 6.07. The van der Waals surface area contributed by atoms with E-state index < -0.39 is 10.8 Å². The van der Waals surface area contributed by atoms with Crippen LogP contribution in [0.4, 0.5) is 10.2 Å². The Bertz CT molecular complexity index is 474. The van der Waals surface area contributed by atoms with Gasteiger partial charge < -0.3 is 10.6 Å². The van der Waals surface area contributed by atoms with E-state index in [0.29, 0.717) is 18.7 Å². The molecular weight excluding hydrogens is 277 g/mol. The van der Waals surface area contributed by atoms with Crippen LogP contribution in [-0.4, -0.2) is 32.8 Å². The normalized spacial score (nSPS) is 14.9. The van der Waals surface area contributed by atoms with E-state index in [2.05, 4.69) is 15.6 Å². The third-order valence-electron chi connectivity index (χ3n) is 2.90. The molecule has 1 heterocycles. The van der Waals surface area contributed by atoms with Gasteiger partial charge in [-0.2, -0.15) is 0 Å². The van der Waals surface area contributed by atoms with Crippen molar-refractivity contribution in [1.82, 2.24) is 10.3 Å². The number of hydrogen-bond acceptors (Lipinski definition) is 4. The van der Waals surface area contributed by atoms with Gasteiger partial charge in [0.05, 0.1) is 0 Å². The van der Waals surface area contributed by atoms with Crippen LogP contribution >= 0.6 is 0 Å². The molecule has 1 aromatic rings. The maximum absolute atomic E-state index is 14.3. The molecule has 0 saturated carbocycles. The molecular formula is C14H24FN3OS. The van der Waals surface area contributed by atoms with Crippen molar-refractivity contribution in [3.05, 3.63) is 23.6 Å². The number of nitrogens with zero attached hydrogens (tertiary/aromatic N) is 1. The van der Waals surface area contributed by atoms with Gasteiger partial charge in [0.25, 0.3) is 0 Å². The first-order valence-electron chi connectivity index (χ1n) is 6.65. The minimum atomic E-state index is -0.936. The molecule has 0 amide bonds. The van der Waals surface area contributed by atoms with Gasteiger partial charge in [0.1, 0.15) is 0 Å². The summed E-state index contributed by atoms with van der Waals surface area (Å²) in [7, 11) is -0.936. The number of pyridine rings is 1. The highest BCUT2D eigenvalue weighted by Gasteiger charge is 2.14. The van der Waals surface area contributed by atoms with E-state index in [4.69, 9.17) is 0 Å². The van der Waals surface area contributed by atoms with E-state index in [0.717, 1.165) is 0 Å². The lowest BCUT2D eigenvalue weighted by molar-refractivity contribution is 0.418. The maximum atomic E-state index is 14.3. The highest BCUT2D eigenvalue weighted by atomic mass is 32.2. The van der Waals surface area contributed by atoms with E-state index in [9.17, 15) is 8.60 Å². The van der Waals surface area contributed by atoms with Gasteiger partial charge in [-0.05, 0) is 33.8 Å². The van der Waals surface area contributed by atoms with Crippen LogP contribution in [0.15, 0.2) is 12.3 Å². The summed E-state index contributed by atoms with van der Waals surface area (Å²) in [5, 5.41) is 6.12. The Morgan fingerprint density at radius 3 is 2.65 bits per heavy atom. The fraction of sp³-hybridized carbons (Fsp3) is 0.643. The SMILES string of the molecule is CC(CNc1nccc(CNC(C)(C)C)c1F)S(C)=O. The van der Waals surface area contributed by atoms with Crippen LogP contribution < -0.4 is 10.6 Å². The molecule has 0 aromatic carbocycles. The lowest BCUT2D eigenvalue weighted by atomic mass is 10.1. The Labute approximate surface area is 123 Å². The highest BCUT2D eigenvalue weighted by molar-refractivity contribution is 7.84. The summed E-state index contributed by atoms with van der Waals surface area (Å²) in [6.07, 6.45) is 3.22. The monoisotopic (exact) mass is 301 g/mol. The van der Waals surface area contributed by atoms with Gasteiger partial charge >= 0.3 is 0 Å². The molecule has 6 heteroatoms. The van der Waals surface area contributed by atoms with E-state index >= 15 is 0 Å². The molecule has 4 nitrogen and oxygen atoms in total. The second-order valence-corrected chi connectivity index (χ2v) is 7.73. The summed E-state index contributed by atoms with van der Waals surface area (Å²) in [5.41, 5.74) is 0.499. The van der Waals surface area contributed by atoms with Gasteiger partial charge in [0, 0.05) is 52.7 Å². The summed E-state index contributed by atoms with van der Waals surface area (Å²) < 4.78 is 25.5. The molecule has 0 aliphatic carbocycles. The van der Waals surface area contributed by atoms with Gasteiger partial charge in [0.15, 0.2) is 11.6 Å². The number of aromatic nitrogens is 1. The average Bonchev–Trinajstić information content (AvgIpc) is 2.34. The first-order valence-corrected chi connectivity index (χ1v) is 8.27. The van der Waals surface area contributed by atoms with Crippen molar-refractivity contribution in [2.24, 2.45) is 0 Å². The van der Waals surface area contributed by atoms with Crippen LogP contribution in [-0.2, 0) is 17.3 Å². The molecule has 20 heavy (non-hydrogen) atoms. The number of anilines is 1. The van der Waals surface area contributed by atoms with Crippen molar-refractivity contribution in [2.45, 2.75) is 45.0 Å². The van der Waals surface area contributed by atoms with Gasteiger partial charge in [-0.15, -0.1) is 0 Å². The molecule has 0 aliphatic rings. The van der Waals surface area contributed by atoms with Crippen LogP contribution in [0.25, 0.3) is 0 Å². The molecule has 2 unspecified atom stereocenters. The van der Waals surface area contributed by atoms with Gasteiger partial charge in [-0.3, -0.25) is 4.21 Å². The molecule has 2 atom stereocenters. The van der Waals surface area contributed by atoms with Crippen molar-refractivity contribution >= 4 is 16.6 Å². The van der Waals surface area contributed by atoms with Crippen LogP contribution in [0, 0.1) is 5.82 Å². The predicted octanol–water partition coefficient (Wildman–Crippen LogP) is 2.29. The van der Waals surface area contributed by atoms with Crippen LogP contribution in [0.2, 0.25) is 0 Å². The third-order valence-corrected chi connectivity index (χ3v) is 4.20. The lowest BCUT2D eigenvalue weighted by Crippen LogP contribution is -2.35. The Morgan fingerprint density at radius 2 is 2.10 bits per heavy atom. The zero-order valence-electron chi connectivity index (χ0n) is 12.8. The van der Waals surface area contributed by atoms with Crippen molar-refractivity contribution < 1.29 is 8.60 Å². The largest absolute Gasteiger partial charge is 0.366 e. The molecule has 0 saturated heterocycles. The standard InChI is InChI=1S/C14H24FN3OS/c1-10(20(5)19)8-17-13-12(15)11(6-7-16-13)9-18-14(2,3)4/h6-7,10,18H,8-9H2,1-5H3,(H,16,17). The van der Waals surface area contributed by atoms with E-state index in [-0.39, 0.29) is 22.4 Å². The molecule has 2 N–H and O–H groups in total. The smallest absolute Gasteiger partial charge is 0.169 e. The fourth-order valence-corrected chi connectivity index (χ4v) is 1.78. The summed E-state index contributed by atoms with van der Waals surface area (Å²) in [4.78, 5) is 4.00. The summed E-state index contributed by atoms with van der Waals surface area (Å²) in [5.74, 6) is -0.131. The second kappa shape index (κ2) is 7.13. The van der Waals surface area contributed by atoms with Crippen LogP contribution in [0.5, 0.6) is 0 Å². The van der Waals surface area contributed by atoms with Crippen molar-refractivity contribution in [3.8, 4) is 0 Å². The van der Waals surface area contributed by atoms with E-state index in [1.165, 1.54) is 0 Å². The minimum Gasteiger partial charge on any atom is -0.366 e. The van der Waals surface area contributed by atoms with E-state index in [1.54, 1.807) is 18.5 Å². The first kappa shape index (κ1) is 17.0. The van der Waals surface area contributed by atoms with Gasteiger partial charge in [-0.25, -0.2) is 9.37 Å². The number of halogens is 1. The lowest BCUT2D eigenvalue weighted by Gasteiger charge is -2.21. The number of rotatable bonds is 6. The summed E-state index contributed by atoms with van der Waals surface area (Å²) >= 11 is 0. The zero-order valence-corrected chi connectivity index (χ0v) is 13.6. The zero-order chi connectivity index (χ0) is 15.3. The molecule has 1 aromatic heterocycles. The van der Waals surface area contributed by atoms with Crippen molar-refractivity contribution in [3.63, 3.8) is 0 Å². The summed E-state index contributed by atoms with van der Waals surface area (Å²) in [6.45, 7) is 8.83. The summed E-state index contributed by atoms with van der Waals surface area (Å²) in [6, 6.07) is 1.67. The Hall–Kier alpha value is -1.01. The fourth-order valence-electron chi connectivity index (χ4n) is 1.46. The third kappa shape index (κ3) is 5.54. The van der Waals surface area contributed by atoms with Crippen molar-refractivity contribution in [2.75, 3.05) is 18.1 Å². The topological polar surface area (TPSA) is 54.0 Å². The van der Waals surface area contributed by atoms with Crippen molar-refractivity contribution in [1.29, 1.82) is 0 Å². The number of nitrogens with one attached hydrogen (secondary N) is 2. The maximum Gasteiger partial charge on any atom is 0.169 e. The molecule has 114 valence electrons. The molecule has 0 spiro atoms. The van der Waals surface area contributed by atoms with E-state index in [1.807, 2.05) is 27.7 Å². The van der Waals surface area contributed by atoms with Crippen LogP contribution in [0.3, 0.4) is 0 Å². The second-order valence-electron chi connectivity index (χ2n) is 5.93. The average molecular weight is 301 g/mol. The molecule has 0 fully saturated rings. The Morgan fingerprint density at radius 1 is 1.45 bits per heavy atom. The van der Waals surface area contributed by atoms with Crippen LogP contribution in [0.1, 0.15) is 33.3 Å². The Balaban J connectivity index is 2.72. The molecule has 1 rings (SSSR count).